The summed E-state index contributed by atoms with van der Waals surface area (Å²) in [6, 6.07) is 22.5. The molecule has 2 heteroatoms. The molecule has 1 heterocycles. The lowest BCUT2D eigenvalue weighted by Crippen LogP contribution is -1.82. The Kier molecular flexibility index (Phi) is 3.75. The fraction of sp³-hybridized carbons (Fsp3) is 0.0556. The normalized spacial score (nSPS) is 10.4. The molecule has 0 atom stereocenters. The van der Waals surface area contributed by atoms with Crippen LogP contribution >= 0.6 is 11.3 Å². The number of thiophene rings is 1. The van der Waals surface area contributed by atoms with Crippen molar-refractivity contribution in [2.45, 2.75) is 6.42 Å². The van der Waals surface area contributed by atoms with Crippen molar-refractivity contribution < 1.29 is 4.79 Å². The molecule has 0 radical (unpaired) electrons. The molecular formula is C18H14OS. The average molecular weight is 278 g/mol. The second-order valence-electron chi connectivity index (χ2n) is 4.67. The van der Waals surface area contributed by atoms with Crippen molar-refractivity contribution >= 4 is 17.6 Å². The fourth-order valence-electron chi connectivity index (χ4n) is 2.15. The van der Waals surface area contributed by atoms with Crippen LogP contribution in [0.5, 0.6) is 0 Å². The summed E-state index contributed by atoms with van der Waals surface area (Å²) >= 11 is 1.81. The summed E-state index contributed by atoms with van der Waals surface area (Å²) in [6.07, 6.45) is 1.84. The monoisotopic (exact) mass is 278 g/mol. The van der Waals surface area contributed by atoms with Gasteiger partial charge in [0.2, 0.25) is 0 Å². The Morgan fingerprint density at radius 3 is 2.30 bits per heavy atom. The first-order valence-corrected chi connectivity index (χ1v) is 7.35. The van der Waals surface area contributed by atoms with Gasteiger partial charge in [0, 0.05) is 21.7 Å². The minimum atomic E-state index is 0.717. The molecule has 1 aromatic heterocycles. The van der Waals surface area contributed by atoms with Crippen molar-refractivity contribution in [1.82, 2.24) is 0 Å². The van der Waals surface area contributed by atoms with Crippen LogP contribution in [0.4, 0.5) is 0 Å². The van der Waals surface area contributed by atoms with E-state index in [9.17, 15) is 4.79 Å². The summed E-state index contributed by atoms with van der Waals surface area (Å²) in [7, 11) is 0. The summed E-state index contributed by atoms with van der Waals surface area (Å²) in [5, 5.41) is 0. The smallest absolute Gasteiger partial charge is 0.150 e. The molecule has 0 saturated heterocycles. The SMILES string of the molecule is O=Cc1ccc(-c2ccc(Cc3ccccc3)s2)cc1. The predicted octanol–water partition coefficient (Wildman–Crippen LogP) is 4.82. The molecule has 20 heavy (non-hydrogen) atoms. The van der Waals surface area contributed by atoms with Crippen LogP contribution < -0.4 is 0 Å². The second kappa shape index (κ2) is 5.85. The van der Waals surface area contributed by atoms with Crippen LogP contribution in [0.3, 0.4) is 0 Å². The first-order valence-electron chi connectivity index (χ1n) is 6.53. The van der Waals surface area contributed by atoms with E-state index in [1.54, 1.807) is 11.3 Å². The standard InChI is InChI=1S/C18H14OS/c19-13-15-6-8-16(9-7-15)18-11-10-17(20-18)12-14-4-2-1-3-5-14/h1-11,13H,12H2. The van der Waals surface area contributed by atoms with E-state index < -0.39 is 0 Å². The number of carbonyl (C=O) groups is 1. The van der Waals surface area contributed by atoms with Gasteiger partial charge in [-0.05, 0) is 23.3 Å². The highest BCUT2D eigenvalue weighted by Crippen LogP contribution is 2.29. The Hall–Kier alpha value is -2.19. The van der Waals surface area contributed by atoms with E-state index in [-0.39, 0.29) is 0 Å². The summed E-state index contributed by atoms with van der Waals surface area (Å²) in [4.78, 5) is 13.3. The molecule has 0 aliphatic carbocycles. The summed E-state index contributed by atoms with van der Waals surface area (Å²) in [5.74, 6) is 0. The molecule has 1 nitrogen and oxygen atoms in total. The lowest BCUT2D eigenvalue weighted by atomic mass is 10.1. The Balaban J connectivity index is 1.80. The van der Waals surface area contributed by atoms with Crippen LogP contribution in [-0.4, -0.2) is 6.29 Å². The van der Waals surface area contributed by atoms with Crippen molar-refractivity contribution in [3.05, 3.63) is 82.7 Å². The molecule has 2 aromatic carbocycles. The van der Waals surface area contributed by atoms with Gasteiger partial charge in [-0.3, -0.25) is 4.79 Å². The van der Waals surface area contributed by atoms with Crippen molar-refractivity contribution in [3.63, 3.8) is 0 Å². The first kappa shape index (κ1) is 12.8. The van der Waals surface area contributed by atoms with E-state index in [1.165, 1.54) is 20.9 Å². The van der Waals surface area contributed by atoms with E-state index in [0.717, 1.165) is 18.3 Å². The number of rotatable bonds is 4. The van der Waals surface area contributed by atoms with Crippen LogP contribution in [-0.2, 0) is 6.42 Å². The van der Waals surface area contributed by atoms with Gasteiger partial charge in [-0.15, -0.1) is 11.3 Å². The highest BCUT2D eigenvalue weighted by molar-refractivity contribution is 7.15. The maximum absolute atomic E-state index is 10.7. The zero-order valence-corrected chi connectivity index (χ0v) is 11.8. The molecule has 3 aromatic rings. The molecule has 0 bridgehead atoms. The van der Waals surface area contributed by atoms with Crippen molar-refractivity contribution in [2.24, 2.45) is 0 Å². The Bertz CT molecular complexity index is 696. The Morgan fingerprint density at radius 2 is 1.60 bits per heavy atom. The Morgan fingerprint density at radius 1 is 0.850 bits per heavy atom. The molecule has 0 amide bonds. The molecule has 0 spiro atoms. The zero-order chi connectivity index (χ0) is 13.8. The molecular weight excluding hydrogens is 264 g/mol. The minimum absolute atomic E-state index is 0.717. The lowest BCUT2D eigenvalue weighted by molar-refractivity contribution is 0.112. The number of benzene rings is 2. The first-order chi connectivity index (χ1) is 9.85. The molecule has 0 fully saturated rings. The third kappa shape index (κ3) is 2.86. The second-order valence-corrected chi connectivity index (χ2v) is 5.84. The van der Waals surface area contributed by atoms with E-state index in [2.05, 4.69) is 36.4 Å². The van der Waals surface area contributed by atoms with Gasteiger partial charge in [-0.25, -0.2) is 0 Å². The number of carbonyl (C=O) groups excluding carboxylic acids is 1. The maximum atomic E-state index is 10.7. The Labute approximate surface area is 122 Å². The maximum Gasteiger partial charge on any atom is 0.150 e. The van der Waals surface area contributed by atoms with Gasteiger partial charge in [0.25, 0.3) is 0 Å². The van der Waals surface area contributed by atoms with Crippen molar-refractivity contribution in [1.29, 1.82) is 0 Å². The van der Waals surface area contributed by atoms with E-state index in [0.29, 0.717) is 0 Å². The summed E-state index contributed by atoms with van der Waals surface area (Å²) in [5.41, 5.74) is 3.21. The molecule has 0 N–H and O–H groups in total. The van der Waals surface area contributed by atoms with Crippen LogP contribution in [0.2, 0.25) is 0 Å². The largest absolute Gasteiger partial charge is 0.298 e. The van der Waals surface area contributed by atoms with Gasteiger partial charge >= 0.3 is 0 Å². The van der Waals surface area contributed by atoms with Gasteiger partial charge in [-0.2, -0.15) is 0 Å². The highest BCUT2D eigenvalue weighted by Gasteiger charge is 2.04. The van der Waals surface area contributed by atoms with Crippen LogP contribution in [0.25, 0.3) is 10.4 Å². The molecule has 3 rings (SSSR count). The molecule has 0 aliphatic heterocycles. The van der Waals surface area contributed by atoms with Crippen LogP contribution in [0.1, 0.15) is 20.8 Å². The van der Waals surface area contributed by atoms with Crippen LogP contribution in [0, 0.1) is 0 Å². The van der Waals surface area contributed by atoms with Crippen molar-refractivity contribution in [3.8, 4) is 10.4 Å². The zero-order valence-electron chi connectivity index (χ0n) is 11.0. The molecule has 98 valence electrons. The van der Waals surface area contributed by atoms with Gasteiger partial charge in [0.15, 0.2) is 0 Å². The van der Waals surface area contributed by atoms with Gasteiger partial charge in [-0.1, -0.05) is 54.6 Å². The number of hydrogen-bond donors (Lipinski definition) is 0. The van der Waals surface area contributed by atoms with E-state index in [1.807, 2.05) is 30.3 Å². The van der Waals surface area contributed by atoms with Gasteiger partial charge in [0.05, 0.1) is 0 Å². The lowest BCUT2D eigenvalue weighted by Gasteiger charge is -1.99. The summed E-state index contributed by atoms with van der Waals surface area (Å²) < 4.78 is 0. The number of aldehydes is 1. The van der Waals surface area contributed by atoms with E-state index >= 15 is 0 Å². The van der Waals surface area contributed by atoms with Gasteiger partial charge in [0.1, 0.15) is 6.29 Å². The highest BCUT2D eigenvalue weighted by atomic mass is 32.1. The van der Waals surface area contributed by atoms with E-state index in [4.69, 9.17) is 0 Å². The summed E-state index contributed by atoms with van der Waals surface area (Å²) in [6.45, 7) is 0. The fourth-order valence-corrected chi connectivity index (χ4v) is 3.20. The number of hydrogen-bond acceptors (Lipinski definition) is 2. The molecule has 0 saturated carbocycles. The average Bonchev–Trinajstić information content (AvgIpc) is 2.97. The predicted molar refractivity (Wildman–Crippen MR) is 84.4 cm³/mol. The van der Waals surface area contributed by atoms with Gasteiger partial charge < -0.3 is 0 Å². The minimum Gasteiger partial charge on any atom is -0.298 e. The molecule has 0 aliphatic rings. The third-order valence-electron chi connectivity index (χ3n) is 3.21. The van der Waals surface area contributed by atoms with Crippen LogP contribution in [0.15, 0.2) is 66.7 Å². The third-order valence-corrected chi connectivity index (χ3v) is 4.35. The van der Waals surface area contributed by atoms with Crippen molar-refractivity contribution in [2.75, 3.05) is 0 Å². The molecule has 0 unspecified atom stereocenters. The topological polar surface area (TPSA) is 17.1 Å². The quantitative estimate of drug-likeness (QED) is 0.625.